The molecule has 4 nitrogen and oxygen atoms in total. The van der Waals surface area contributed by atoms with Crippen molar-refractivity contribution < 1.29 is 14.6 Å². The van der Waals surface area contributed by atoms with Gasteiger partial charge in [-0.2, -0.15) is 0 Å². The van der Waals surface area contributed by atoms with Crippen LogP contribution in [0.2, 0.25) is 0 Å². The molecule has 1 atom stereocenters. The molecule has 1 fully saturated rings. The van der Waals surface area contributed by atoms with Gasteiger partial charge in [0.05, 0.1) is 13.2 Å². The first kappa shape index (κ1) is 8.33. The van der Waals surface area contributed by atoms with Crippen LogP contribution in [-0.2, 0) is 4.74 Å². The molecular formula is C7H13NO3. The third-order valence-corrected chi connectivity index (χ3v) is 1.77. The number of carbonyl (C=O) groups excluding carboxylic acids is 1. The van der Waals surface area contributed by atoms with Gasteiger partial charge in [0, 0.05) is 6.54 Å². The standard InChI is InChI=1S/C7H13NO3/c1-2-6-5-8(3-4-9)7(10)11-6/h6,9H,2-5H2,1H3. The lowest BCUT2D eigenvalue weighted by Gasteiger charge is -2.09. The number of carbonyl (C=O) groups is 1. The molecule has 1 saturated heterocycles. The number of β-amino-alcohol motifs (C(OH)–C–C–N with tert-alkyl or cyclic N) is 1. The maximum Gasteiger partial charge on any atom is 0.410 e. The van der Waals surface area contributed by atoms with Crippen LogP contribution in [0.15, 0.2) is 0 Å². The fourth-order valence-corrected chi connectivity index (χ4v) is 1.09. The Balaban J connectivity index is 2.38. The Morgan fingerprint density at radius 1 is 1.82 bits per heavy atom. The molecule has 1 amide bonds. The van der Waals surface area contributed by atoms with Crippen LogP contribution in [0.4, 0.5) is 4.79 Å². The van der Waals surface area contributed by atoms with Crippen LogP contribution < -0.4 is 0 Å². The van der Waals surface area contributed by atoms with Crippen LogP contribution in [0.5, 0.6) is 0 Å². The Morgan fingerprint density at radius 2 is 2.55 bits per heavy atom. The minimum atomic E-state index is -0.300. The number of aliphatic hydroxyl groups is 1. The van der Waals surface area contributed by atoms with E-state index in [0.29, 0.717) is 13.1 Å². The van der Waals surface area contributed by atoms with Crippen molar-refractivity contribution in [3.8, 4) is 0 Å². The number of aliphatic hydroxyl groups excluding tert-OH is 1. The van der Waals surface area contributed by atoms with E-state index in [0.717, 1.165) is 6.42 Å². The minimum absolute atomic E-state index is 0.00549. The lowest BCUT2D eigenvalue weighted by molar-refractivity contribution is 0.128. The molecule has 1 aliphatic rings. The lowest BCUT2D eigenvalue weighted by Crippen LogP contribution is -2.28. The largest absolute Gasteiger partial charge is 0.444 e. The topological polar surface area (TPSA) is 49.8 Å². The summed E-state index contributed by atoms with van der Waals surface area (Å²) in [7, 11) is 0. The molecule has 0 radical (unpaired) electrons. The van der Waals surface area contributed by atoms with Crippen molar-refractivity contribution >= 4 is 6.09 Å². The smallest absolute Gasteiger partial charge is 0.410 e. The van der Waals surface area contributed by atoms with Gasteiger partial charge in [-0.3, -0.25) is 0 Å². The van der Waals surface area contributed by atoms with Crippen LogP contribution in [0, 0.1) is 0 Å². The predicted molar refractivity (Wildman–Crippen MR) is 39.2 cm³/mol. The Morgan fingerprint density at radius 3 is 3.00 bits per heavy atom. The van der Waals surface area contributed by atoms with E-state index >= 15 is 0 Å². The fraction of sp³-hybridized carbons (Fsp3) is 0.857. The summed E-state index contributed by atoms with van der Waals surface area (Å²) in [6, 6.07) is 0. The molecule has 1 unspecified atom stereocenters. The molecule has 0 spiro atoms. The molecule has 1 aliphatic heterocycles. The highest BCUT2D eigenvalue weighted by Gasteiger charge is 2.28. The quantitative estimate of drug-likeness (QED) is 0.640. The van der Waals surface area contributed by atoms with E-state index in [1.807, 2.05) is 6.92 Å². The number of hydrogen-bond acceptors (Lipinski definition) is 3. The highest BCUT2D eigenvalue weighted by molar-refractivity contribution is 5.69. The predicted octanol–water partition coefficient (Wildman–Crippen LogP) is 0.210. The second-order valence-electron chi connectivity index (χ2n) is 2.58. The Kier molecular flexibility index (Phi) is 2.70. The van der Waals surface area contributed by atoms with Crippen molar-refractivity contribution in [2.24, 2.45) is 0 Å². The lowest BCUT2D eigenvalue weighted by atomic mass is 10.3. The van der Waals surface area contributed by atoms with Crippen molar-refractivity contribution in [3.63, 3.8) is 0 Å². The number of amides is 1. The van der Waals surface area contributed by atoms with Gasteiger partial charge in [0.15, 0.2) is 0 Å². The summed E-state index contributed by atoms with van der Waals surface area (Å²) in [5.74, 6) is 0. The van der Waals surface area contributed by atoms with Crippen LogP contribution >= 0.6 is 0 Å². The fourth-order valence-electron chi connectivity index (χ4n) is 1.09. The third kappa shape index (κ3) is 1.83. The summed E-state index contributed by atoms with van der Waals surface area (Å²) >= 11 is 0. The van der Waals surface area contributed by atoms with E-state index in [2.05, 4.69) is 0 Å². The summed E-state index contributed by atoms with van der Waals surface area (Å²) in [5, 5.41) is 8.55. The maximum atomic E-state index is 10.9. The van der Waals surface area contributed by atoms with Gasteiger partial charge < -0.3 is 14.7 Å². The zero-order chi connectivity index (χ0) is 8.27. The second kappa shape index (κ2) is 3.57. The van der Waals surface area contributed by atoms with Crippen LogP contribution in [0.25, 0.3) is 0 Å². The van der Waals surface area contributed by atoms with E-state index in [4.69, 9.17) is 9.84 Å². The first-order chi connectivity index (χ1) is 5.27. The first-order valence-electron chi connectivity index (χ1n) is 3.84. The van der Waals surface area contributed by atoms with Gasteiger partial charge in [0.25, 0.3) is 0 Å². The number of ether oxygens (including phenoxy) is 1. The summed E-state index contributed by atoms with van der Waals surface area (Å²) in [6.07, 6.45) is 0.563. The highest BCUT2D eigenvalue weighted by Crippen LogP contribution is 2.12. The van der Waals surface area contributed by atoms with Gasteiger partial charge in [-0.15, -0.1) is 0 Å². The summed E-state index contributed by atoms with van der Waals surface area (Å²) in [4.78, 5) is 12.4. The molecule has 1 rings (SSSR count). The van der Waals surface area contributed by atoms with Crippen molar-refractivity contribution in [1.82, 2.24) is 4.90 Å². The molecule has 1 N–H and O–H groups in total. The molecule has 1 heterocycles. The molecule has 11 heavy (non-hydrogen) atoms. The molecule has 0 saturated carbocycles. The monoisotopic (exact) mass is 159 g/mol. The van der Waals surface area contributed by atoms with E-state index in [-0.39, 0.29) is 18.8 Å². The van der Waals surface area contributed by atoms with E-state index in [9.17, 15) is 4.79 Å². The van der Waals surface area contributed by atoms with Crippen molar-refractivity contribution in [2.45, 2.75) is 19.4 Å². The van der Waals surface area contributed by atoms with E-state index in [1.54, 1.807) is 0 Å². The number of hydrogen-bond donors (Lipinski definition) is 1. The van der Waals surface area contributed by atoms with Crippen molar-refractivity contribution in [2.75, 3.05) is 19.7 Å². The number of rotatable bonds is 3. The van der Waals surface area contributed by atoms with Gasteiger partial charge in [0.1, 0.15) is 6.10 Å². The van der Waals surface area contributed by atoms with Gasteiger partial charge in [-0.1, -0.05) is 6.92 Å². The Labute approximate surface area is 65.8 Å². The van der Waals surface area contributed by atoms with Gasteiger partial charge in [0.2, 0.25) is 0 Å². The molecule has 0 aromatic carbocycles. The molecule has 64 valence electrons. The van der Waals surface area contributed by atoms with E-state index < -0.39 is 0 Å². The zero-order valence-corrected chi connectivity index (χ0v) is 6.62. The Hall–Kier alpha value is -0.770. The zero-order valence-electron chi connectivity index (χ0n) is 6.62. The third-order valence-electron chi connectivity index (χ3n) is 1.77. The van der Waals surface area contributed by atoms with Gasteiger partial charge in [-0.25, -0.2) is 4.79 Å². The average Bonchev–Trinajstić information content (AvgIpc) is 2.33. The maximum absolute atomic E-state index is 10.9. The van der Waals surface area contributed by atoms with Crippen LogP contribution in [0.1, 0.15) is 13.3 Å². The van der Waals surface area contributed by atoms with Gasteiger partial charge in [-0.05, 0) is 6.42 Å². The molecule has 4 heteroatoms. The molecule has 0 bridgehead atoms. The molecule has 0 aromatic rings. The number of nitrogens with zero attached hydrogens (tertiary/aromatic N) is 1. The van der Waals surface area contributed by atoms with Crippen molar-refractivity contribution in [1.29, 1.82) is 0 Å². The summed E-state index contributed by atoms with van der Waals surface area (Å²) < 4.78 is 4.95. The molecule has 0 aliphatic carbocycles. The first-order valence-corrected chi connectivity index (χ1v) is 3.84. The SMILES string of the molecule is CCC1CN(CCO)C(=O)O1. The van der Waals surface area contributed by atoms with Gasteiger partial charge >= 0.3 is 6.09 Å². The summed E-state index contributed by atoms with van der Waals surface area (Å²) in [5.41, 5.74) is 0. The average molecular weight is 159 g/mol. The Bertz CT molecular complexity index is 149. The minimum Gasteiger partial charge on any atom is -0.444 e. The number of cyclic esters (lactones) is 1. The second-order valence-corrected chi connectivity index (χ2v) is 2.58. The normalized spacial score (nSPS) is 24.0. The molecule has 0 aromatic heterocycles. The van der Waals surface area contributed by atoms with Crippen molar-refractivity contribution in [3.05, 3.63) is 0 Å². The summed E-state index contributed by atoms with van der Waals surface area (Å²) in [6.45, 7) is 2.98. The van der Waals surface area contributed by atoms with E-state index in [1.165, 1.54) is 4.90 Å². The van der Waals surface area contributed by atoms with Crippen LogP contribution in [0.3, 0.4) is 0 Å². The highest BCUT2D eigenvalue weighted by atomic mass is 16.6. The molecular weight excluding hydrogens is 146 g/mol. The van der Waals surface area contributed by atoms with Crippen LogP contribution in [-0.4, -0.2) is 41.9 Å².